The van der Waals surface area contributed by atoms with Crippen LogP contribution < -0.4 is 10.5 Å². The molecule has 1 saturated carbocycles. The molecule has 0 amide bonds. The van der Waals surface area contributed by atoms with Crippen molar-refractivity contribution in [3.05, 3.63) is 27.7 Å². The van der Waals surface area contributed by atoms with E-state index in [0.29, 0.717) is 22.4 Å². The van der Waals surface area contributed by atoms with E-state index in [1.54, 1.807) is 6.07 Å². The standard InChI is InChI=1S/C14H19Cl2NO/c1-2-18-14-8-11(15)10(7-12(14)16)13(17)6-9-4-3-5-9/h7-9,13H,2-6,17H2,1H3. The van der Waals surface area contributed by atoms with E-state index in [9.17, 15) is 0 Å². The van der Waals surface area contributed by atoms with Crippen LogP contribution in [0.25, 0.3) is 0 Å². The highest BCUT2D eigenvalue weighted by atomic mass is 35.5. The van der Waals surface area contributed by atoms with E-state index < -0.39 is 0 Å². The van der Waals surface area contributed by atoms with Crippen LogP contribution in [0.1, 0.15) is 44.2 Å². The third-order valence-electron chi connectivity index (χ3n) is 3.56. The van der Waals surface area contributed by atoms with Crippen molar-refractivity contribution >= 4 is 23.2 Å². The molecule has 1 atom stereocenters. The van der Waals surface area contributed by atoms with Gasteiger partial charge in [-0.1, -0.05) is 42.5 Å². The van der Waals surface area contributed by atoms with E-state index in [1.165, 1.54) is 19.3 Å². The molecule has 0 radical (unpaired) electrons. The zero-order chi connectivity index (χ0) is 13.1. The molecule has 1 aromatic rings. The molecule has 2 rings (SSSR count). The van der Waals surface area contributed by atoms with Crippen molar-refractivity contribution < 1.29 is 4.74 Å². The van der Waals surface area contributed by atoms with Gasteiger partial charge in [-0.25, -0.2) is 0 Å². The van der Waals surface area contributed by atoms with Crippen molar-refractivity contribution in [2.75, 3.05) is 6.61 Å². The molecule has 100 valence electrons. The van der Waals surface area contributed by atoms with E-state index >= 15 is 0 Å². The van der Waals surface area contributed by atoms with E-state index in [0.717, 1.165) is 17.9 Å². The smallest absolute Gasteiger partial charge is 0.139 e. The van der Waals surface area contributed by atoms with Crippen LogP contribution >= 0.6 is 23.2 Å². The van der Waals surface area contributed by atoms with Crippen molar-refractivity contribution in [2.24, 2.45) is 11.7 Å². The third kappa shape index (κ3) is 3.11. The van der Waals surface area contributed by atoms with Crippen LogP contribution in [0.5, 0.6) is 5.75 Å². The Bertz CT molecular complexity index is 419. The fourth-order valence-corrected chi connectivity index (χ4v) is 2.83. The predicted octanol–water partition coefficient (Wildman–Crippen LogP) is 4.58. The molecule has 1 aromatic carbocycles. The summed E-state index contributed by atoms with van der Waals surface area (Å²) in [6.07, 6.45) is 4.89. The lowest BCUT2D eigenvalue weighted by Crippen LogP contribution is -2.20. The Morgan fingerprint density at radius 2 is 2.06 bits per heavy atom. The zero-order valence-corrected chi connectivity index (χ0v) is 12.1. The highest BCUT2D eigenvalue weighted by Gasteiger charge is 2.23. The molecule has 0 aromatic heterocycles. The van der Waals surface area contributed by atoms with Crippen LogP contribution in [0.3, 0.4) is 0 Å². The average molecular weight is 288 g/mol. The molecule has 4 heteroatoms. The summed E-state index contributed by atoms with van der Waals surface area (Å²) >= 11 is 12.4. The molecule has 2 N–H and O–H groups in total. The quantitative estimate of drug-likeness (QED) is 0.860. The maximum atomic E-state index is 6.26. The van der Waals surface area contributed by atoms with E-state index in [4.69, 9.17) is 33.7 Å². The van der Waals surface area contributed by atoms with Gasteiger partial charge in [0, 0.05) is 17.1 Å². The van der Waals surface area contributed by atoms with Gasteiger partial charge < -0.3 is 10.5 Å². The van der Waals surface area contributed by atoms with Crippen LogP contribution in [-0.2, 0) is 0 Å². The maximum absolute atomic E-state index is 6.26. The Morgan fingerprint density at radius 1 is 1.33 bits per heavy atom. The molecule has 1 unspecified atom stereocenters. The third-order valence-corrected chi connectivity index (χ3v) is 4.19. The van der Waals surface area contributed by atoms with Gasteiger partial charge in [0.1, 0.15) is 5.75 Å². The second kappa shape index (κ2) is 6.14. The lowest BCUT2D eigenvalue weighted by atomic mass is 9.80. The predicted molar refractivity (Wildman–Crippen MR) is 76.5 cm³/mol. The first-order chi connectivity index (χ1) is 8.61. The van der Waals surface area contributed by atoms with E-state index in [1.807, 2.05) is 13.0 Å². The van der Waals surface area contributed by atoms with Crippen molar-refractivity contribution in [2.45, 2.75) is 38.6 Å². The molecule has 0 saturated heterocycles. The monoisotopic (exact) mass is 287 g/mol. The summed E-state index contributed by atoms with van der Waals surface area (Å²) in [5, 5.41) is 1.23. The van der Waals surface area contributed by atoms with E-state index in [-0.39, 0.29) is 6.04 Å². The number of halogens is 2. The summed E-state index contributed by atoms with van der Waals surface area (Å²) in [5.74, 6) is 1.38. The van der Waals surface area contributed by atoms with Gasteiger partial charge in [0.25, 0.3) is 0 Å². The van der Waals surface area contributed by atoms with Crippen molar-refractivity contribution in [1.82, 2.24) is 0 Å². The molecule has 0 aliphatic heterocycles. The maximum Gasteiger partial charge on any atom is 0.139 e. The van der Waals surface area contributed by atoms with Gasteiger partial charge in [-0.05, 0) is 30.9 Å². The van der Waals surface area contributed by atoms with Crippen LogP contribution in [0.2, 0.25) is 10.0 Å². The largest absolute Gasteiger partial charge is 0.492 e. The number of rotatable bonds is 5. The molecular formula is C14H19Cl2NO. The zero-order valence-electron chi connectivity index (χ0n) is 10.6. The summed E-state index contributed by atoms with van der Waals surface area (Å²) in [6, 6.07) is 3.58. The Balaban J connectivity index is 2.13. The number of benzene rings is 1. The molecule has 2 nitrogen and oxygen atoms in total. The molecule has 1 aliphatic carbocycles. The minimum atomic E-state index is -0.0315. The Kier molecular flexibility index (Phi) is 4.77. The minimum Gasteiger partial charge on any atom is -0.492 e. The van der Waals surface area contributed by atoms with Gasteiger partial charge in [-0.2, -0.15) is 0 Å². The number of nitrogens with two attached hydrogens (primary N) is 1. The summed E-state index contributed by atoms with van der Waals surface area (Å²) in [7, 11) is 0. The summed E-state index contributed by atoms with van der Waals surface area (Å²) in [4.78, 5) is 0. The fourth-order valence-electron chi connectivity index (χ4n) is 2.31. The minimum absolute atomic E-state index is 0.0315. The molecule has 1 aliphatic rings. The molecule has 1 fully saturated rings. The van der Waals surface area contributed by atoms with Crippen molar-refractivity contribution in [1.29, 1.82) is 0 Å². The first-order valence-corrected chi connectivity index (χ1v) is 7.24. The van der Waals surface area contributed by atoms with Crippen LogP contribution in [-0.4, -0.2) is 6.61 Å². The van der Waals surface area contributed by atoms with E-state index in [2.05, 4.69) is 0 Å². The van der Waals surface area contributed by atoms with Gasteiger partial charge in [0.2, 0.25) is 0 Å². The first-order valence-electron chi connectivity index (χ1n) is 6.49. The van der Waals surface area contributed by atoms with Crippen LogP contribution in [0, 0.1) is 5.92 Å². The number of ether oxygens (including phenoxy) is 1. The molecule has 0 bridgehead atoms. The lowest BCUT2D eigenvalue weighted by molar-refractivity contribution is 0.277. The highest BCUT2D eigenvalue weighted by molar-refractivity contribution is 6.34. The normalized spacial score (nSPS) is 17.3. The van der Waals surface area contributed by atoms with Gasteiger partial charge in [0.05, 0.1) is 11.6 Å². The van der Waals surface area contributed by atoms with Gasteiger partial charge in [0.15, 0.2) is 0 Å². The second-order valence-corrected chi connectivity index (χ2v) is 5.69. The van der Waals surface area contributed by atoms with Crippen molar-refractivity contribution in [3.8, 4) is 5.75 Å². The Morgan fingerprint density at radius 3 is 2.61 bits per heavy atom. The SMILES string of the molecule is CCOc1cc(Cl)c(C(N)CC2CCC2)cc1Cl. The van der Waals surface area contributed by atoms with Crippen LogP contribution in [0.4, 0.5) is 0 Å². The Hall–Kier alpha value is -0.440. The summed E-state index contributed by atoms with van der Waals surface area (Å²) < 4.78 is 5.41. The molecule has 0 heterocycles. The first kappa shape index (κ1) is 14.0. The average Bonchev–Trinajstić information content (AvgIpc) is 2.28. The van der Waals surface area contributed by atoms with Crippen molar-refractivity contribution in [3.63, 3.8) is 0 Å². The molecule has 18 heavy (non-hydrogen) atoms. The lowest BCUT2D eigenvalue weighted by Gasteiger charge is -2.28. The summed E-state index contributed by atoms with van der Waals surface area (Å²) in [5.41, 5.74) is 7.14. The second-order valence-electron chi connectivity index (χ2n) is 4.88. The van der Waals surface area contributed by atoms with Crippen LogP contribution in [0.15, 0.2) is 12.1 Å². The number of hydrogen-bond donors (Lipinski definition) is 1. The fraction of sp³-hybridized carbons (Fsp3) is 0.571. The molecule has 0 spiro atoms. The van der Waals surface area contributed by atoms with Gasteiger partial charge in [-0.15, -0.1) is 0 Å². The topological polar surface area (TPSA) is 35.2 Å². The summed E-state index contributed by atoms with van der Waals surface area (Å²) in [6.45, 7) is 2.49. The number of hydrogen-bond acceptors (Lipinski definition) is 2. The highest BCUT2D eigenvalue weighted by Crippen LogP contribution is 2.38. The van der Waals surface area contributed by atoms with Gasteiger partial charge >= 0.3 is 0 Å². The van der Waals surface area contributed by atoms with Gasteiger partial charge in [-0.3, -0.25) is 0 Å². The molecular weight excluding hydrogens is 269 g/mol. The Labute approximate surface area is 118 Å².